The Morgan fingerprint density at radius 2 is 1.78 bits per heavy atom. The second-order valence-electron chi connectivity index (χ2n) is 5.96. The third-order valence-corrected chi connectivity index (χ3v) is 5.05. The maximum atomic E-state index is 12.5. The number of ketones is 3. The number of nitrogens with two attached hydrogens (primary N) is 1. The zero-order valence-electron chi connectivity index (χ0n) is 12.8. The first-order valence-electron chi connectivity index (χ1n) is 6.91. The van der Waals surface area contributed by atoms with Gasteiger partial charge in [0.15, 0.2) is 5.84 Å². The lowest BCUT2D eigenvalue weighted by Gasteiger charge is -2.31. The van der Waals surface area contributed by atoms with Crippen LogP contribution in [0.4, 0.5) is 0 Å². The molecule has 0 bridgehead atoms. The van der Waals surface area contributed by atoms with Gasteiger partial charge in [0.2, 0.25) is 11.0 Å². The molecule has 120 valence electrons. The third-order valence-electron chi connectivity index (χ3n) is 4.88. The van der Waals surface area contributed by atoms with Gasteiger partial charge in [-0.2, -0.15) is 4.99 Å². The molecule has 0 radical (unpaired) electrons. The van der Waals surface area contributed by atoms with Crippen molar-refractivity contribution in [3.05, 3.63) is 0 Å². The number of carbonyl (C=O) groups excluding carboxylic acids is 3. The first kappa shape index (κ1) is 15.8. The number of carbonyl (C=O) groups is 3. The minimum absolute atomic E-state index is 0.0199. The van der Waals surface area contributed by atoms with E-state index in [1.807, 2.05) is 0 Å². The summed E-state index contributed by atoms with van der Waals surface area (Å²) in [7, 11) is 0. The molecular weight excluding hydrogens is 322 g/mol. The van der Waals surface area contributed by atoms with Crippen molar-refractivity contribution < 1.29 is 14.4 Å². The van der Waals surface area contributed by atoms with Crippen LogP contribution in [0.1, 0.15) is 27.2 Å². The fraction of sp³-hybridized carbons (Fsp3) is 0.500. The summed E-state index contributed by atoms with van der Waals surface area (Å²) in [6.45, 7) is 3.88. The lowest BCUT2D eigenvalue weighted by Crippen LogP contribution is -2.59. The molecule has 1 aliphatic carbocycles. The van der Waals surface area contributed by atoms with Gasteiger partial charge in [-0.05, 0) is 38.8 Å². The van der Waals surface area contributed by atoms with E-state index in [1.54, 1.807) is 0 Å². The van der Waals surface area contributed by atoms with Gasteiger partial charge in [0.25, 0.3) is 0 Å². The molecule has 1 saturated carbocycles. The van der Waals surface area contributed by atoms with Crippen molar-refractivity contribution in [3.8, 4) is 0 Å². The second-order valence-corrected chi connectivity index (χ2v) is 6.30. The quantitative estimate of drug-likeness (QED) is 0.584. The fourth-order valence-electron chi connectivity index (χ4n) is 3.68. The Hall–Kier alpha value is -2.06. The lowest BCUT2D eigenvalue weighted by atomic mass is 9.76. The van der Waals surface area contributed by atoms with Gasteiger partial charge in [-0.15, -0.1) is 0 Å². The van der Waals surface area contributed by atoms with Crippen molar-refractivity contribution in [1.29, 1.82) is 0 Å². The highest BCUT2D eigenvalue weighted by atomic mass is 35.5. The van der Waals surface area contributed by atoms with Gasteiger partial charge in [0.1, 0.15) is 29.1 Å². The van der Waals surface area contributed by atoms with Crippen LogP contribution >= 0.6 is 11.6 Å². The molecule has 9 heteroatoms. The number of Topliss-reactive ketones (excluding diaryl/α,β-unsaturated/α-hetero) is 3. The van der Waals surface area contributed by atoms with E-state index in [9.17, 15) is 14.4 Å². The van der Waals surface area contributed by atoms with E-state index in [0.29, 0.717) is 0 Å². The second kappa shape index (κ2) is 4.48. The number of aliphatic imine (C=N–C) groups is 4. The summed E-state index contributed by atoms with van der Waals surface area (Å²) in [5.74, 6) is -1.10. The largest absolute Gasteiger partial charge is 0.299 e. The SMILES string of the molecule is CC(=O)C1(C(C)=O)CC1(C(C)=O)C1=NC=NC2=NC(Cl)=NC21N. The monoisotopic (exact) mass is 335 g/mol. The smallest absolute Gasteiger partial charge is 0.222 e. The van der Waals surface area contributed by atoms with E-state index in [-0.39, 0.29) is 29.0 Å². The summed E-state index contributed by atoms with van der Waals surface area (Å²) in [6, 6.07) is 0. The van der Waals surface area contributed by atoms with Crippen LogP contribution in [-0.4, -0.2) is 46.2 Å². The highest BCUT2D eigenvalue weighted by Gasteiger charge is 2.80. The van der Waals surface area contributed by atoms with Crippen LogP contribution in [0, 0.1) is 10.8 Å². The highest BCUT2D eigenvalue weighted by molar-refractivity contribution is 6.67. The van der Waals surface area contributed by atoms with Crippen LogP contribution in [0.15, 0.2) is 20.0 Å². The van der Waals surface area contributed by atoms with Crippen molar-refractivity contribution in [2.24, 2.45) is 36.5 Å². The molecule has 2 unspecified atom stereocenters. The summed E-state index contributed by atoms with van der Waals surface area (Å²) >= 11 is 5.82. The molecular formula is C14H14ClN5O3. The van der Waals surface area contributed by atoms with Gasteiger partial charge in [0, 0.05) is 0 Å². The van der Waals surface area contributed by atoms with Gasteiger partial charge in [0.05, 0.1) is 11.1 Å². The van der Waals surface area contributed by atoms with Gasteiger partial charge in [-0.3, -0.25) is 20.1 Å². The van der Waals surface area contributed by atoms with Crippen LogP contribution in [0.25, 0.3) is 0 Å². The van der Waals surface area contributed by atoms with Crippen LogP contribution in [-0.2, 0) is 14.4 Å². The van der Waals surface area contributed by atoms with Gasteiger partial charge in [-0.25, -0.2) is 15.0 Å². The molecule has 2 aliphatic heterocycles. The van der Waals surface area contributed by atoms with E-state index in [1.165, 1.54) is 27.1 Å². The summed E-state index contributed by atoms with van der Waals surface area (Å²) in [5.41, 5.74) is 1.82. The van der Waals surface area contributed by atoms with Gasteiger partial charge in [-0.1, -0.05) is 0 Å². The summed E-state index contributed by atoms with van der Waals surface area (Å²) in [5, 5.41) is -0.121. The van der Waals surface area contributed by atoms with Crippen molar-refractivity contribution in [3.63, 3.8) is 0 Å². The number of amidine groups is 2. The molecule has 0 saturated heterocycles. The molecule has 0 aromatic heterocycles. The molecule has 2 N–H and O–H groups in total. The molecule has 0 aromatic rings. The van der Waals surface area contributed by atoms with Crippen molar-refractivity contribution in [2.75, 3.05) is 0 Å². The predicted octanol–water partition coefficient (Wildman–Crippen LogP) is 0.275. The zero-order chi connectivity index (χ0) is 17.2. The molecule has 0 aromatic carbocycles. The molecule has 2 heterocycles. The Morgan fingerprint density at radius 3 is 2.26 bits per heavy atom. The first-order chi connectivity index (χ1) is 10.6. The molecule has 23 heavy (non-hydrogen) atoms. The van der Waals surface area contributed by atoms with Gasteiger partial charge >= 0.3 is 0 Å². The minimum Gasteiger partial charge on any atom is -0.299 e. The van der Waals surface area contributed by atoms with Crippen LogP contribution in [0.3, 0.4) is 0 Å². The highest BCUT2D eigenvalue weighted by Crippen LogP contribution is 2.67. The normalized spacial score (nSPS) is 33.3. The molecule has 0 amide bonds. The third kappa shape index (κ3) is 1.67. The maximum absolute atomic E-state index is 12.5. The van der Waals surface area contributed by atoms with Crippen molar-refractivity contribution in [1.82, 2.24) is 0 Å². The van der Waals surface area contributed by atoms with E-state index in [2.05, 4.69) is 20.0 Å². The summed E-state index contributed by atoms with van der Waals surface area (Å²) in [4.78, 5) is 52.9. The summed E-state index contributed by atoms with van der Waals surface area (Å²) < 4.78 is 0. The Morgan fingerprint density at radius 1 is 1.17 bits per heavy atom. The van der Waals surface area contributed by atoms with E-state index >= 15 is 0 Å². The standard InChI is InChI=1S/C14H14ClN5O3/c1-6(21)12(7(2)22)4-13(12,8(3)23)9-14(16)10(18-5-17-9)19-11(15)20-14/h5H,4,16H2,1-3H3. The fourth-order valence-corrected chi connectivity index (χ4v) is 3.90. The Bertz CT molecular complexity index is 782. The van der Waals surface area contributed by atoms with E-state index in [4.69, 9.17) is 17.3 Å². The van der Waals surface area contributed by atoms with E-state index < -0.39 is 28.1 Å². The number of fused-ring (bicyclic) bond motifs is 1. The Kier molecular flexibility index (Phi) is 3.08. The Balaban J connectivity index is 2.24. The average molecular weight is 336 g/mol. The van der Waals surface area contributed by atoms with Crippen LogP contribution in [0.5, 0.6) is 0 Å². The summed E-state index contributed by atoms with van der Waals surface area (Å²) in [6.07, 6.45) is 1.20. The Labute approximate surface area is 136 Å². The molecule has 3 aliphatic rings. The van der Waals surface area contributed by atoms with Crippen molar-refractivity contribution >= 4 is 52.1 Å². The first-order valence-corrected chi connectivity index (χ1v) is 7.28. The number of rotatable bonds is 4. The van der Waals surface area contributed by atoms with E-state index in [0.717, 1.165) is 0 Å². The van der Waals surface area contributed by atoms with Gasteiger partial charge < -0.3 is 0 Å². The van der Waals surface area contributed by atoms with Crippen molar-refractivity contribution in [2.45, 2.75) is 32.9 Å². The number of hydrogen-bond acceptors (Lipinski definition) is 8. The average Bonchev–Trinajstić information content (AvgIpc) is 3.05. The van der Waals surface area contributed by atoms with Crippen LogP contribution in [0.2, 0.25) is 0 Å². The predicted molar refractivity (Wildman–Crippen MR) is 85.1 cm³/mol. The lowest BCUT2D eigenvalue weighted by molar-refractivity contribution is -0.136. The zero-order valence-corrected chi connectivity index (χ0v) is 13.5. The molecule has 2 atom stereocenters. The number of hydrogen-bond donors (Lipinski definition) is 1. The topological polar surface area (TPSA) is 127 Å². The molecule has 1 fully saturated rings. The number of halogens is 1. The molecule has 3 rings (SSSR count). The maximum Gasteiger partial charge on any atom is 0.222 e. The molecule has 8 nitrogen and oxygen atoms in total. The molecule has 0 spiro atoms. The van der Waals surface area contributed by atoms with Crippen LogP contribution < -0.4 is 5.73 Å². The minimum atomic E-state index is -1.63. The number of nitrogens with zero attached hydrogens (tertiary/aromatic N) is 4.